The highest BCUT2D eigenvalue weighted by atomic mass is 32.1. The Morgan fingerprint density at radius 2 is 1.81 bits per heavy atom. The molecular weight excluding hydrogens is 494 g/mol. The number of nitrogens with zero attached hydrogens (tertiary/aromatic N) is 2. The number of nitrogens with one attached hydrogen (secondary N) is 1. The average molecular weight is 512 g/mol. The fourth-order valence-corrected chi connectivity index (χ4v) is 4.86. The van der Waals surface area contributed by atoms with Gasteiger partial charge in [-0.05, 0) is 61.5 Å². The van der Waals surface area contributed by atoms with Gasteiger partial charge in [0.2, 0.25) is 0 Å². The van der Waals surface area contributed by atoms with Crippen LogP contribution in [0.25, 0.3) is 27.4 Å². The Labute approximate surface area is 205 Å². The van der Waals surface area contributed by atoms with Crippen molar-refractivity contribution in [2.45, 2.75) is 19.1 Å². The largest absolute Gasteiger partial charge is 0.416 e. The first-order chi connectivity index (χ1) is 17.1. The number of hydrogen-bond acceptors (Lipinski definition) is 4. The summed E-state index contributed by atoms with van der Waals surface area (Å²) in [5.41, 5.74) is -0.142. The number of rotatable bonds is 4. The van der Waals surface area contributed by atoms with Gasteiger partial charge in [0, 0.05) is 33.6 Å². The molecule has 1 N–H and O–H groups in total. The maximum atomic E-state index is 14.6. The highest BCUT2D eigenvalue weighted by Gasteiger charge is 2.30. The van der Waals surface area contributed by atoms with Gasteiger partial charge in [-0.25, -0.2) is 0 Å². The van der Waals surface area contributed by atoms with Gasteiger partial charge in [-0.2, -0.15) is 17.6 Å². The Morgan fingerprint density at radius 1 is 1.06 bits per heavy atom. The second kappa shape index (κ2) is 8.87. The molecule has 0 aliphatic carbocycles. The van der Waals surface area contributed by atoms with Crippen molar-refractivity contribution < 1.29 is 22.4 Å². The summed E-state index contributed by atoms with van der Waals surface area (Å²) in [6.07, 6.45) is -2.92. The van der Waals surface area contributed by atoms with Crippen LogP contribution in [0.2, 0.25) is 0 Å². The highest BCUT2D eigenvalue weighted by molar-refractivity contribution is 7.09. The van der Waals surface area contributed by atoms with Crippen molar-refractivity contribution in [3.63, 3.8) is 0 Å². The molecule has 0 aliphatic rings. The fourth-order valence-electron chi connectivity index (χ4n) is 4.08. The molecule has 3 aromatic heterocycles. The zero-order valence-corrected chi connectivity index (χ0v) is 19.5. The summed E-state index contributed by atoms with van der Waals surface area (Å²) in [5, 5.41) is 4.20. The van der Waals surface area contributed by atoms with E-state index in [1.54, 1.807) is 31.3 Å². The van der Waals surface area contributed by atoms with Crippen LogP contribution >= 0.6 is 11.3 Å². The average Bonchev–Trinajstić information content (AvgIpc) is 3.26. The molecule has 10 heteroatoms. The van der Waals surface area contributed by atoms with Gasteiger partial charge in [-0.1, -0.05) is 6.07 Å². The molecular formula is C26H17F4N3O2S. The van der Waals surface area contributed by atoms with Crippen molar-refractivity contribution in [3.05, 3.63) is 105 Å². The lowest BCUT2D eigenvalue weighted by Gasteiger charge is -2.16. The van der Waals surface area contributed by atoms with E-state index in [-0.39, 0.29) is 22.7 Å². The molecule has 36 heavy (non-hydrogen) atoms. The van der Waals surface area contributed by atoms with Gasteiger partial charge in [0.25, 0.3) is 11.5 Å². The Morgan fingerprint density at radius 3 is 2.47 bits per heavy atom. The van der Waals surface area contributed by atoms with Crippen LogP contribution in [-0.2, 0) is 6.18 Å². The van der Waals surface area contributed by atoms with Crippen molar-refractivity contribution in [1.82, 2.24) is 14.9 Å². The summed E-state index contributed by atoms with van der Waals surface area (Å²) in [5.74, 6) is -0.397. The molecule has 0 saturated carbocycles. The third-order valence-corrected chi connectivity index (χ3v) is 6.65. The van der Waals surface area contributed by atoms with E-state index in [1.807, 2.05) is 6.07 Å². The number of pyridine rings is 2. The lowest BCUT2D eigenvalue weighted by atomic mass is 10.0. The second-order valence-electron chi connectivity index (χ2n) is 8.16. The van der Waals surface area contributed by atoms with Gasteiger partial charge in [-0.3, -0.25) is 19.1 Å². The van der Waals surface area contributed by atoms with E-state index in [0.717, 1.165) is 40.2 Å². The number of hydrogen-bond donors (Lipinski definition) is 1. The number of carbonyl (C=O) groups is 1. The zero-order chi connectivity index (χ0) is 25.6. The van der Waals surface area contributed by atoms with Crippen LogP contribution in [0.15, 0.2) is 77.0 Å². The van der Waals surface area contributed by atoms with Gasteiger partial charge in [0.1, 0.15) is 0 Å². The predicted molar refractivity (Wildman–Crippen MR) is 130 cm³/mol. The first kappa shape index (κ1) is 23.7. The van der Waals surface area contributed by atoms with Crippen LogP contribution in [0, 0.1) is 5.13 Å². The first-order valence-electron chi connectivity index (χ1n) is 10.8. The molecule has 0 bridgehead atoms. The van der Waals surface area contributed by atoms with Crippen molar-refractivity contribution in [2.75, 3.05) is 0 Å². The van der Waals surface area contributed by atoms with E-state index in [2.05, 4.69) is 10.3 Å². The van der Waals surface area contributed by atoms with Crippen molar-refractivity contribution in [1.29, 1.82) is 0 Å². The van der Waals surface area contributed by atoms with Crippen LogP contribution in [0.1, 0.15) is 34.6 Å². The number of aromatic nitrogens is 2. The summed E-state index contributed by atoms with van der Waals surface area (Å²) in [6, 6.07) is 13.6. The van der Waals surface area contributed by atoms with Gasteiger partial charge >= 0.3 is 6.18 Å². The van der Waals surface area contributed by atoms with E-state index < -0.39 is 28.3 Å². The number of alkyl halides is 3. The minimum Gasteiger partial charge on any atom is -0.344 e. The molecule has 0 spiro atoms. The number of amides is 1. The fraction of sp³-hybridized carbons (Fsp3) is 0.115. The van der Waals surface area contributed by atoms with Crippen LogP contribution < -0.4 is 10.9 Å². The van der Waals surface area contributed by atoms with Crippen LogP contribution in [0.5, 0.6) is 0 Å². The molecule has 5 aromatic rings. The van der Waals surface area contributed by atoms with Crippen molar-refractivity contribution in [2.24, 2.45) is 0 Å². The normalized spacial score (nSPS) is 12.7. The highest BCUT2D eigenvalue weighted by Crippen LogP contribution is 2.33. The third-order valence-electron chi connectivity index (χ3n) is 5.88. The van der Waals surface area contributed by atoms with Gasteiger partial charge in [0.15, 0.2) is 5.13 Å². The summed E-state index contributed by atoms with van der Waals surface area (Å²) in [6.45, 7) is 1.79. The molecule has 0 unspecified atom stereocenters. The molecule has 0 aliphatic heterocycles. The molecule has 3 heterocycles. The Hall–Kier alpha value is -4.05. The SMILES string of the molecule is C[C@H](NC(=O)c1ccc2c(c1)c1csc(F)c1c(=O)n2-c1ccc(C(F)(F)F)cc1)c1ccccn1. The number of carbonyl (C=O) groups excluding carboxylic acids is 1. The predicted octanol–water partition coefficient (Wildman–Crippen LogP) is 6.25. The lowest BCUT2D eigenvalue weighted by molar-refractivity contribution is -0.137. The third kappa shape index (κ3) is 4.13. The second-order valence-corrected chi connectivity index (χ2v) is 8.99. The standard InChI is InChI=1S/C26H17F4N3O2S/c1-14(20-4-2-3-11-31-20)32-24(34)15-5-10-21-18(12-15)19-13-36-23(27)22(19)25(35)33(21)17-8-6-16(7-9-17)26(28,29)30/h2-14H,1H3,(H,32,34)/t14-/m0/s1. The summed E-state index contributed by atoms with van der Waals surface area (Å²) in [4.78, 5) is 30.5. The van der Waals surface area contributed by atoms with E-state index in [9.17, 15) is 27.2 Å². The molecule has 1 atom stereocenters. The lowest BCUT2D eigenvalue weighted by Crippen LogP contribution is -2.27. The number of halogens is 4. The molecule has 0 fully saturated rings. The molecule has 5 nitrogen and oxygen atoms in total. The number of thiophene rings is 1. The summed E-state index contributed by atoms with van der Waals surface area (Å²) >= 11 is 0.741. The van der Waals surface area contributed by atoms with Gasteiger partial charge in [-0.15, -0.1) is 11.3 Å². The van der Waals surface area contributed by atoms with Crippen LogP contribution in [0.4, 0.5) is 17.6 Å². The maximum absolute atomic E-state index is 14.6. The topological polar surface area (TPSA) is 64.0 Å². The minimum absolute atomic E-state index is 0.145. The molecule has 0 radical (unpaired) electrons. The van der Waals surface area contributed by atoms with Crippen molar-refractivity contribution in [3.8, 4) is 5.69 Å². The quantitative estimate of drug-likeness (QED) is 0.290. The van der Waals surface area contributed by atoms with Crippen LogP contribution in [0.3, 0.4) is 0 Å². The number of fused-ring (bicyclic) bond motifs is 3. The Bertz CT molecular complexity index is 1660. The van der Waals surface area contributed by atoms with E-state index in [4.69, 9.17) is 0 Å². The van der Waals surface area contributed by atoms with E-state index >= 15 is 0 Å². The molecule has 182 valence electrons. The summed E-state index contributed by atoms with van der Waals surface area (Å²) in [7, 11) is 0. The molecule has 1 amide bonds. The maximum Gasteiger partial charge on any atom is 0.416 e. The van der Waals surface area contributed by atoms with E-state index in [1.165, 1.54) is 17.5 Å². The molecule has 5 rings (SSSR count). The zero-order valence-electron chi connectivity index (χ0n) is 18.6. The van der Waals surface area contributed by atoms with Crippen molar-refractivity contribution >= 4 is 38.9 Å². The van der Waals surface area contributed by atoms with Gasteiger partial charge < -0.3 is 5.32 Å². The van der Waals surface area contributed by atoms with Crippen LogP contribution in [-0.4, -0.2) is 15.5 Å². The first-order valence-corrected chi connectivity index (χ1v) is 11.7. The molecule has 2 aromatic carbocycles. The van der Waals surface area contributed by atoms with Gasteiger partial charge in [0.05, 0.1) is 28.2 Å². The Balaban J connectivity index is 1.64. The smallest absolute Gasteiger partial charge is 0.344 e. The van der Waals surface area contributed by atoms with E-state index in [0.29, 0.717) is 22.0 Å². The molecule has 0 saturated heterocycles. The Kier molecular flexibility index (Phi) is 5.83. The minimum atomic E-state index is -4.54. The number of benzene rings is 2. The monoisotopic (exact) mass is 511 g/mol. The summed E-state index contributed by atoms with van der Waals surface area (Å²) < 4.78 is 54.9.